The first-order valence-corrected chi connectivity index (χ1v) is 5.31. The van der Waals surface area contributed by atoms with Gasteiger partial charge in [0.25, 0.3) is 0 Å². The van der Waals surface area contributed by atoms with Crippen LogP contribution in [0.5, 0.6) is 0 Å². The predicted molar refractivity (Wildman–Crippen MR) is 56.8 cm³/mol. The van der Waals surface area contributed by atoms with Crippen molar-refractivity contribution in [3.63, 3.8) is 0 Å². The minimum atomic E-state index is -0.938. The van der Waals surface area contributed by atoms with Gasteiger partial charge in [-0.3, -0.25) is 9.59 Å². The van der Waals surface area contributed by atoms with Gasteiger partial charge in [0.05, 0.1) is 25.3 Å². The minimum absolute atomic E-state index is 0.152. The van der Waals surface area contributed by atoms with Gasteiger partial charge in [-0.25, -0.2) is 0 Å². The van der Waals surface area contributed by atoms with E-state index in [0.717, 1.165) is 0 Å². The summed E-state index contributed by atoms with van der Waals surface area (Å²) >= 11 is 0. The molecule has 0 radical (unpaired) electrons. The number of carbonyl (C=O) groups excluding carboxylic acids is 1. The summed E-state index contributed by atoms with van der Waals surface area (Å²) in [5, 5.41) is 8.96. The number of ether oxygens (including phenoxy) is 1. The molecule has 1 saturated heterocycles. The van der Waals surface area contributed by atoms with Crippen LogP contribution < -0.4 is 5.73 Å². The highest BCUT2D eigenvalue weighted by Gasteiger charge is 2.39. The summed E-state index contributed by atoms with van der Waals surface area (Å²) in [5.41, 5.74) is 5.63. The summed E-state index contributed by atoms with van der Waals surface area (Å²) in [6.07, 6.45) is 0.536. The molecule has 92 valence electrons. The number of carbonyl (C=O) groups is 2. The number of nitrogens with two attached hydrogens (primary N) is 1. The van der Waals surface area contributed by atoms with Crippen LogP contribution in [0.15, 0.2) is 0 Å². The quantitative estimate of drug-likeness (QED) is 0.665. The summed E-state index contributed by atoms with van der Waals surface area (Å²) in [5.74, 6) is -1.82. The number of nitrogens with zero attached hydrogens (tertiary/aromatic N) is 1. The molecule has 0 saturated carbocycles. The van der Waals surface area contributed by atoms with Crippen molar-refractivity contribution in [2.24, 2.45) is 11.7 Å². The first-order valence-electron chi connectivity index (χ1n) is 5.31. The maximum absolute atomic E-state index is 11.8. The minimum Gasteiger partial charge on any atom is -0.481 e. The lowest BCUT2D eigenvalue weighted by Crippen LogP contribution is -2.50. The van der Waals surface area contributed by atoms with E-state index in [1.807, 2.05) is 6.92 Å². The van der Waals surface area contributed by atoms with E-state index in [9.17, 15) is 9.59 Å². The second-order valence-corrected chi connectivity index (χ2v) is 4.01. The zero-order valence-electron chi connectivity index (χ0n) is 9.55. The Hall–Kier alpha value is -1.14. The van der Waals surface area contributed by atoms with E-state index >= 15 is 0 Å². The maximum atomic E-state index is 11.8. The van der Waals surface area contributed by atoms with Gasteiger partial charge in [0.1, 0.15) is 5.92 Å². The summed E-state index contributed by atoms with van der Waals surface area (Å²) < 4.78 is 5.10. The number of carboxylic acid groups (broad SMARTS) is 1. The van der Waals surface area contributed by atoms with Gasteiger partial charge in [-0.1, -0.05) is 6.92 Å². The fourth-order valence-electron chi connectivity index (χ4n) is 1.76. The number of amides is 1. The lowest BCUT2D eigenvalue weighted by atomic mass is 10.0. The Morgan fingerprint density at radius 1 is 1.56 bits per heavy atom. The molecule has 3 unspecified atom stereocenters. The van der Waals surface area contributed by atoms with E-state index in [-0.39, 0.29) is 19.1 Å². The van der Waals surface area contributed by atoms with Crippen LogP contribution in [0.3, 0.4) is 0 Å². The second-order valence-electron chi connectivity index (χ2n) is 4.01. The predicted octanol–water partition coefficient (Wildman–Crippen LogP) is -0.718. The molecule has 16 heavy (non-hydrogen) atoms. The maximum Gasteiger partial charge on any atom is 0.311 e. The number of likely N-dealkylation sites (N-methyl/N-ethyl adjacent to an activating group) is 1. The van der Waals surface area contributed by atoms with Crippen molar-refractivity contribution in [2.45, 2.75) is 25.4 Å². The molecule has 1 rings (SSSR count). The van der Waals surface area contributed by atoms with Gasteiger partial charge in [0.15, 0.2) is 0 Å². The van der Waals surface area contributed by atoms with Crippen molar-refractivity contribution >= 4 is 11.9 Å². The molecule has 0 aromatic carbocycles. The van der Waals surface area contributed by atoms with Crippen LogP contribution in [0.25, 0.3) is 0 Å². The van der Waals surface area contributed by atoms with Crippen molar-refractivity contribution in [3.8, 4) is 0 Å². The van der Waals surface area contributed by atoms with Gasteiger partial charge >= 0.3 is 5.97 Å². The van der Waals surface area contributed by atoms with Crippen LogP contribution in [-0.4, -0.2) is 54.2 Å². The highest BCUT2D eigenvalue weighted by atomic mass is 16.5. The second kappa shape index (κ2) is 5.27. The van der Waals surface area contributed by atoms with Gasteiger partial charge < -0.3 is 20.5 Å². The summed E-state index contributed by atoms with van der Waals surface area (Å²) in [7, 11) is 1.58. The Labute approximate surface area is 94.3 Å². The zero-order chi connectivity index (χ0) is 12.3. The molecule has 1 amide bonds. The fourth-order valence-corrected chi connectivity index (χ4v) is 1.76. The van der Waals surface area contributed by atoms with E-state index in [1.165, 1.54) is 4.90 Å². The van der Waals surface area contributed by atoms with Gasteiger partial charge in [-0.15, -0.1) is 0 Å². The molecule has 0 aromatic rings. The van der Waals surface area contributed by atoms with Gasteiger partial charge in [0.2, 0.25) is 5.91 Å². The smallest absolute Gasteiger partial charge is 0.311 e. The first kappa shape index (κ1) is 12.9. The number of aliphatic carboxylic acids is 1. The molecule has 6 nitrogen and oxygen atoms in total. The molecular formula is C10H18N2O4. The first-order chi connectivity index (χ1) is 7.49. The van der Waals surface area contributed by atoms with E-state index < -0.39 is 24.0 Å². The molecular weight excluding hydrogens is 212 g/mol. The molecule has 0 aliphatic carbocycles. The van der Waals surface area contributed by atoms with Gasteiger partial charge in [-0.05, 0) is 6.42 Å². The van der Waals surface area contributed by atoms with Crippen LogP contribution in [0.4, 0.5) is 0 Å². The highest BCUT2D eigenvalue weighted by Crippen LogP contribution is 2.19. The van der Waals surface area contributed by atoms with Crippen molar-refractivity contribution in [1.82, 2.24) is 4.90 Å². The average molecular weight is 230 g/mol. The molecule has 1 aliphatic rings. The normalized spacial score (nSPS) is 26.4. The lowest BCUT2D eigenvalue weighted by Gasteiger charge is -2.28. The van der Waals surface area contributed by atoms with Gasteiger partial charge in [0, 0.05) is 7.05 Å². The molecule has 3 atom stereocenters. The van der Waals surface area contributed by atoms with Crippen molar-refractivity contribution in [2.75, 3.05) is 20.3 Å². The summed E-state index contributed by atoms with van der Waals surface area (Å²) in [4.78, 5) is 24.1. The molecule has 3 N–H and O–H groups in total. The third kappa shape index (κ3) is 2.51. The van der Waals surface area contributed by atoms with E-state index in [1.54, 1.807) is 7.05 Å². The topological polar surface area (TPSA) is 92.9 Å². The van der Waals surface area contributed by atoms with Crippen LogP contribution >= 0.6 is 0 Å². The SMILES string of the molecule is CCC(N)C(=O)N(C)C1COCC1C(=O)O. The molecule has 1 aliphatic heterocycles. The Balaban J connectivity index is 2.69. The van der Waals surface area contributed by atoms with Crippen molar-refractivity contribution in [1.29, 1.82) is 0 Å². The van der Waals surface area contributed by atoms with Crippen LogP contribution in [0.1, 0.15) is 13.3 Å². The van der Waals surface area contributed by atoms with E-state index in [0.29, 0.717) is 6.42 Å². The van der Waals surface area contributed by atoms with Crippen LogP contribution in [-0.2, 0) is 14.3 Å². The highest BCUT2D eigenvalue weighted by molar-refractivity contribution is 5.82. The Morgan fingerprint density at radius 2 is 2.19 bits per heavy atom. The van der Waals surface area contributed by atoms with Gasteiger partial charge in [-0.2, -0.15) is 0 Å². The Kier molecular flexibility index (Phi) is 4.26. The third-order valence-corrected chi connectivity index (χ3v) is 2.97. The van der Waals surface area contributed by atoms with Crippen LogP contribution in [0, 0.1) is 5.92 Å². The summed E-state index contributed by atoms with van der Waals surface area (Å²) in [6, 6.07) is -0.984. The third-order valence-electron chi connectivity index (χ3n) is 2.97. The standard InChI is InChI=1S/C10H18N2O4/c1-3-7(11)9(13)12(2)8-5-16-4-6(8)10(14)15/h6-8H,3-5,11H2,1-2H3,(H,14,15). The van der Waals surface area contributed by atoms with Crippen molar-refractivity contribution in [3.05, 3.63) is 0 Å². The van der Waals surface area contributed by atoms with E-state index in [4.69, 9.17) is 15.6 Å². The zero-order valence-corrected chi connectivity index (χ0v) is 9.55. The molecule has 0 spiro atoms. The number of hydrogen-bond donors (Lipinski definition) is 2. The molecule has 1 fully saturated rings. The van der Waals surface area contributed by atoms with Crippen LogP contribution in [0.2, 0.25) is 0 Å². The Morgan fingerprint density at radius 3 is 2.69 bits per heavy atom. The fraction of sp³-hybridized carbons (Fsp3) is 0.800. The Bertz CT molecular complexity index is 282. The lowest BCUT2D eigenvalue weighted by molar-refractivity contribution is -0.144. The molecule has 6 heteroatoms. The molecule has 1 heterocycles. The molecule has 0 bridgehead atoms. The largest absolute Gasteiger partial charge is 0.481 e. The summed E-state index contributed by atoms with van der Waals surface area (Å²) in [6.45, 7) is 2.23. The number of rotatable bonds is 4. The van der Waals surface area contributed by atoms with E-state index in [2.05, 4.69) is 0 Å². The molecule has 0 aromatic heterocycles. The van der Waals surface area contributed by atoms with Crippen molar-refractivity contribution < 1.29 is 19.4 Å². The number of hydrogen-bond acceptors (Lipinski definition) is 4. The average Bonchev–Trinajstić information content (AvgIpc) is 2.74. The monoisotopic (exact) mass is 230 g/mol. The number of carboxylic acids is 1.